The standard InChI is InChI=1S/C22H26N2O8S.ClH/c1-23(2)33(29,30)16-4-6-20-18(14-16)21(27)17-13-15(3-5-19(17)32-20)22(28)31-12-9-24(7-10-25)8-11-26;/h3-6,13-14,25-26H,7-12H2,1-2H3;1H. The molecule has 0 aliphatic rings. The first-order chi connectivity index (χ1) is 15.7. The van der Waals surface area contributed by atoms with Crippen molar-refractivity contribution in [3.63, 3.8) is 0 Å². The molecule has 0 bridgehead atoms. The van der Waals surface area contributed by atoms with Crippen molar-refractivity contribution in [3.8, 4) is 0 Å². The van der Waals surface area contributed by atoms with Crippen molar-refractivity contribution in [2.24, 2.45) is 0 Å². The first-order valence-electron chi connectivity index (χ1n) is 10.2. The number of aliphatic hydroxyl groups is 2. The maximum atomic E-state index is 13.1. The molecule has 0 amide bonds. The molecule has 3 rings (SSSR count). The average Bonchev–Trinajstić information content (AvgIpc) is 2.79. The van der Waals surface area contributed by atoms with Crippen LogP contribution in [0.2, 0.25) is 0 Å². The maximum absolute atomic E-state index is 13.1. The first kappa shape index (κ1) is 27.7. The molecule has 0 atom stereocenters. The van der Waals surface area contributed by atoms with Crippen LogP contribution in [0.25, 0.3) is 21.9 Å². The lowest BCUT2D eigenvalue weighted by Gasteiger charge is -2.19. The quantitative estimate of drug-likeness (QED) is 0.300. The Morgan fingerprint density at radius 2 is 1.56 bits per heavy atom. The number of sulfonamides is 1. The van der Waals surface area contributed by atoms with E-state index in [1.165, 1.54) is 50.5 Å². The van der Waals surface area contributed by atoms with E-state index >= 15 is 0 Å². The van der Waals surface area contributed by atoms with Crippen LogP contribution in [0.4, 0.5) is 0 Å². The number of ether oxygens (including phenoxy) is 1. The first-order valence-corrected chi connectivity index (χ1v) is 11.7. The van der Waals surface area contributed by atoms with Gasteiger partial charge in [-0.3, -0.25) is 9.69 Å². The molecule has 10 nitrogen and oxygen atoms in total. The number of rotatable bonds is 10. The molecule has 0 unspecified atom stereocenters. The lowest BCUT2D eigenvalue weighted by atomic mass is 10.1. The summed E-state index contributed by atoms with van der Waals surface area (Å²) in [4.78, 5) is 27.2. The van der Waals surface area contributed by atoms with Crippen LogP contribution in [0.1, 0.15) is 10.4 Å². The van der Waals surface area contributed by atoms with Gasteiger partial charge in [-0.2, -0.15) is 0 Å². The van der Waals surface area contributed by atoms with Gasteiger partial charge in [0.25, 0.3) is 0 Å². The Morgan fingerprint density at radius 1 is 0.971 bits per heavy atom. The monoisotopic (exact) mass is 514 g/mol. The van der Waals surface area contributed by atoms with Gasteiger partial charge in [-0.25, -0.2) is 17.5 Å². The van der Waals surface area contributed by atoms with E-state index in [1.807, 2.05) is 0 Å². The van der Waals surface area contributed by atoms with Crippen LogP contribution in [0, 0.1) is 0 Å². The van der Waals surface area contributed by atoms with Crippen molar-refractivity contribution in [1.82, 2.24) is 9.21 Å². The number of esters is 1. The van der Waals surface area contributed by atoms with Crippen molar-refractivity contribution in [2.45, 2.75) is 4.90 Å². The molecular weight excluding hydrogens is 488 g/mol. The normalized spacial score (nSPS) is 11.8. The molecule has 0 spiro atoms. The lowest BCUT2D eigenvalue weighted by molar-refractivity contribution is 0.0443. The number of aliphatic hydroxyl groups excluding tert-OH is 2. The zero-order valence-corrected chi connectivity index (χ0v) is 20.4. The average molecular weight is 515 g/mol. The van der Waals surface area contributed by atoms with E-state index in [2.05, 4.69) is 0 Å². The van der Waals surface area contributed by atoms with Crippen LogP contribution in [-0.2, 0) is 14.8 Å². The molecule has 1 heterocycles. The molecular formula is C22H27ClN2O8S. The molecule has 1 aromatic heterocycles. The fourth-order valence-corrected chi connectivity index (χ4v) is 4.23. The van der Waals surface area contributed by atoms with Crippen molar-refractivity contribution < 1.29 is 32.6 Å². The van der Waals surface area contributed by atoms with Crippen LogP contribution in [0.5, 0.6) is 0 Å². The van der Waals surface area contributed by atoms with Gasteiger partial charge in [0.15, 0.2) is 0 Å². The summed E-state index contributed by atoms with van der Waals surface area (Å²) in [6.07, 6.45) is 0. The van der Waals surface area contributed by atoms with E-state index in [0.717, 1.165) is 4.31 Å². The maximum Gasteiger partial charge on any atom is 0.338 e. The highest BCUT2D eigenvalue weighted by Gasteiger charge is 2.20. The third-order valence-electron chi connectivity index (χ3n) is 5.13. The lowest BCUT2D eigenvalue weighted by Crippen LogP contribution is -2.33. The minimum absolute atomic E-state index is 0. The molecule has 2 N–H and O–H groups in total. The van der Waals surface area contributed by atoms with Crippen LogP contribution < -0.4 is 5.43 Å². The molecule has 12 heteroatoms. The SMILES string of the molecule is CN(C)S(=O)(=O)c1ccc2oc3ccc(C(=O)OCCN(CCO)CCO)cc3c(=O)c2c1.Cl. The second kappa shape index (κ2) is 11.7. The van der Waals surface area contributed by atoms with Crippen LogP contribution in [0.15, 0.2) is 50.5 Å². The number of carbonyl (C=O) groups is 1. The fourth-order valence-electron chi connectivity index (χ4n) is 3.30. The Kier molecular flexibility index (Phi) is 9.56. The molecule has 0 aliphatic heterocycles. The summed E-state index contributed by atoms with van der Waals surface area (Å²) in [5.74, 6) is -0.645. The number of nitrogens with zero attached hydrogens (tertiary/aromatic N) is 2. The summed E-state index contributed by atoms with van der Waals surface area (Å²) < 4.78 is 36.9. The largest absolute Gasteiger partial charge is 0.461 e. The molecule has 2 aromatic carbocycles. The van der Waals surface area contributed by atoms with Crippen LogP contribution >= 0.6 is 12.4 Å². The van der Waals surface area contributed by atoms with Gasteiger partial charge in [0.05, 0.1) is 34.4 Å². The summed E-state index contributed by atoms with van der Waals surface area (Å²) >= 11 is 0. The van der Waals surface area contributed by atoms with Gasteiger partial charge in [-0.15, -0.1) is 12.4 Å². The highest BCUT2D eigenvalue weighted by atomic mass is 35.5. The van der Waals surface area contributed by atoms with Gasteiger partial charge in [-0.05, 0) is 36.4 Å². The van der Waals surface area contributed by atoms with E-state index in [4.69, 9.17) is 19.4 Å². The van der Waals surface area contributed by atoms with Crippen LogP contribution in [-0.4, -0.2) is 87.4 Å². The summed E-state index contributed by atoms with van der Waals surface area (Å²) in [6.45, 7) is 0.882. The third kappa shape index (κ3) is 5.93. The molecule has 0 saturated heterocycles. The van der Waals surface area contributed by atoms with Gasteiger partial charge >= 0.3 is 5.97 Å². The molecule has 0 fully saturated rings. The summed E-state index contributed by atoms with van der Waals surface area (Å²) in [7, 11) is -0.951. The third-order valence-corrected chi connectivity index (χ3v) is 6.94. The molecule has 3 aromatic rings. The number of hydrogen-bond donors (Lipinski definition) is 2. The van der Waals surface area contributed by atoms with Crippen molar-refractivity contribution >= 4 is 50.3 Å². The number of halogens is 1. The number of carbonyl (C=O) groups excluding carboxylic acids is 1. The number of benzene rings is 2. The van der Waals surface area contributed by atoms with Crippen molar-refractivity contribution in [2.75, 3.05) is 53.6 Å². The predicted octanol–water partition coefficient (Wildman–Crippen LogP) is 1.06. The van der Waals surface area contributed by atoms with Crippen LogP contribution in [0.3, 0.4) is 0 Å². The Labute approximate surface area is 202 Å². The Hall–Kier alpha value is -2.54. The number of hydrogen-bond acceptors (Lipinski definition) is 9. The Balaban J connectivity index is 0.00000408. The van der Waals surface area contributed by atoms with Gasteiger partial charge in [0, 0.05) is 33.7 Å². The molecule has 0 radical (unpaired) electrons. The smallest absolute Gasteiger partial charge is 0.338 e. The van der Waals surface area contributed by atoms with E-state index in [1.54, 1.807) is 4.90 Å². The molecule has 0 saturated carbocycles. The van der Waals surface area contributed by atoms with E-state index in [9.17, 15) is 18.0 Å². The summed E-state index contributed by atoms with van der Waals surface area (Å²) in [6, 6.07) is 8.38. The van der Waals surface area contributed by atoms with Gasteiger partial charge in [-0.1, -0.05) is 0 Å². The fraction of sp³-hybridized carbons (Fsp3) is 0.364. The Bertz CT molecular complexity index is 1320. The van der Waals surface area contributed by atoms with Gasteiger partial charge in [0.1, 0.15) is 17.8 Å². The number of fused-ring (bicyclic) bond motifs is 2. The second-order valence-electron chi connectivity index (χ2n) is 7.51. The van der Waals surface area contributed by atoms with Gasteiger partial charge < -0.3 is 19.4 Å². The minimum Gasteiger partial charge on any atom is -0.461 e. The molecule has 0 aliphatic carbocycles. The summed E-state index contributed by atoms with van der Waals surface area (Å²) in [5, 5.41) is 18.3. The van der Waals surface area contributed by atoms with E-state index in [0.29, 0.717) is 19.6 Å². The van der Waals surface area contributed by atoms with Crippen molar-refractivity contribution in [1.29, 1.82) is 0 Å². The van der Waals surface area contributed by atoms with E-state index in [-0.39, 0.29) is 64.6 Å². The van der Waals surface area contributed by atoms with E-state index < -0.39 is 21.4 Å². The second-order valence-corrected chi connectivity index (χ2v) is 9.66. The molecule has 186 valence electrons. The predicted molar refractivity (Wildman–Crippen MR) is 129 cm³/mol. The minimum atomic E-state index is -3.74. The zero-order chi connectivity index (χ0) is 24.2. The molecule has 34 heavy (non-hydrogen) atoms. The topological polar surface area (TPSA) is 138 Å². The van der Waals surface area contributed by atoms with Crippen molar-refractivity contribution in [3.05, 3.63) is 52.2 Å². The van der Waals surface area contributed by atoms with Gasteiger partial charge in [0.2, 0.25) is 15.5 Å². The Morgan fingerprint density at radius 3 is 2.15 bits per heavy atom. The highest BCUT2D eigenvalue weighted by molar-refractivity contribution is 7.89. The summed E-state index contributed by atoms with van der Waals surface area (Å²) in [5.41, 5.74) is 0.161. The highest BCUT2D eigenvalue weighted by Crippen LogP contribution is 2.23. The zero-order valence-electron chi connectivity index (χ0n) is 18.8.